The van der Waals surface area contributed by atoms with E-state index in [1.165, 1.54) is 0 Å². The molecular formula is C11H18N2O. The molecule has 1 N–H and O–H groups in total. The summed E-state index contributed by atoms with van der Waals surface area (Å²) in [7, 11) is 0. The van der Waals surface area contributed by atoms with Gasteiger partial charge >= 0.3 is 0 Å². The van der Waals surface area contributed by atoms with E-state index in [4.69, 9.17) is 6.42 Å². The van der Waals surface area contributed by atoms with Crippen LogP contribution in [0.4, 0.5) is 0 Å². The van der Waals surface area contributed by atoms with Crippen molar-refractivity contribution in [3.05, 3.63) is 0 Å². The molecule has 0 unspecified atom stereocenters. The molecule has 1 rings (SSSR count). The predicted molar refractivity (Wildman–Crippen MR) is 56.7 cm³/mol. The second-order valence-corrected chi connectivity index (χ2v) is 4.06. The largest absolute Gasteiger partial charge is 0.326 e. The highest BCUT2D eigenvalue weighted by Crippen LogP contribution is 2.25. The Balaban J connectivity index is 2.74. The van der Waals surface area contributed by atoms with Crippen LogP contribution in [0.15, 0.2) is 0 Å². The number of carbonyl (C=O) groups excluding carboxylic acids is 1. The standard InChI is InChI=1S/C11H18N2O/c1-4-9-13(10(2)14)11(3)5-7-12-8-6-11/h1,12H,5-9H2,2-3H3. The lowest BCUT2D eigenvalue weighted by atomic mass is 9.88. The molecule has 1 aliphatic heterocycles. The highest BCUT2D eigenvalue weighted by atomic mass is 16.2. The van der Waals surface area contributed by atoms with Gasteiger partial charge in [0.05, 0.1) is 6.54 Å². The van der Waals surface area contributed by atoms with Crippen LogP contribution < -0.4 is 5.32 Å². The lowest BCUT2D eigenvalue weighted by molar-refractivity contribution is -0.134. The molecule has 1 aliphatic rings. The summed E-state index contributed by atoms with van der Waals surface area (Å²) in [6.07, 6.45) is 7.23. The van der Waals surface area contributed by atoms with Crippen LogP contribution in [0, 0.1) is 12.3 Å². The summed E-state index contributed by atoms with van der Waals surface area (Å²) in [6, 6.07) is 0. The molecule has 1 saturated heterocycles. The highest BCUT2D eigenvalue weighted by molar-refractivity contribution is 5.74. The fourth-order valence-corrected chi connectivity index (χ4v) is 2.01. The van der Waals surface area contributed by atoms with E-state index in [1.807, 2.05) is 4.90 Å². The van der Waals surface area contributed by atoms with E-state index in [1.54, 1.807) is 6.92 Å². The molecule has 3 nitrogen and oxygen atoms in total. The van der Waals surface area contributed by atoms with E-state index >= 15 is 0 Å². The minimum atomic E-state index is -0.0521. The Hall–Kier alpha value is -1.01. The monoisotopic (exact) mass is 194 g/mol. The van der Waals surface area contributed by atoms with Crippen LogP contribution in [0.2, 0.25) is 0 Å². The van der Waals surface area contributed by atoms with Gasteiger partial charge in [-0.25, -0.2) is 0 Å². The van der Waals surface area contributed by atoms with Gasteiger partial charge < -0.3 is 10.2 Å². The summed E-state index contributed by atoms with van der Waals surface area (Å²) < 4.78 is 0. The molecule has 1 heterocycles. The zero-order valence-corrected chi connectivity index (χ0v) is 8.97. The van der Waals surface area contributed by atoms with E-state index in [9.17, 15) is 4.79 Å². The summed E-state index contributed by atoms with van der Waals surface area (Å²) in [6.45, 7) is 6.05. The molecular weight excluding hydrogens is 176 g/mol. The Morgan fingerprint density at radius 2 is 2.14 bits per heavy atom. The van der Waals surface area contributed by atoms with Crippen molar-refractivity contribution in [1.29, 1.82) is 0 Å². The van der Waals surface area contributed by atoms with E-state index in [0.717, 1.165) is 25.9 Å². The van der Waals surface area contributed by atoms with E-state index in [0.29, 0.717) is 6.54 Å². The number of hydrogen-bond donors (Lipinski definition) is 1. The van der Waals surface area contributed by atoms with Crippen molar-refractivity contribution in [3.63, 3.8) is 0 Å². The van der Waals surface area contributed by atoms with Crippen LogP contribution in [0.1, 0.15) is 26.7 Å². The lowest BCUT2D eigenvalue weighted by Gasteiger charge is -2.43. The maximum Gasteiger partial charge on any atom is 0.220 e. The minimum absolute atomic E-state index is 0.0521. The third kappa shape index (κ3) is 2.27. The summed E-state index contributed by atoms with van der Waals surface area (Å²) in [4.78, 5) is 13.3. The van der Waals surface area contributed by atoms with Crippen molar-refractivity contribution < 1.29 is 4.79 Å². The Labute approximate surface area is 85.9 Å². The summed E-state index contributed by atoms with van der Waals surface area (Å²) >= 11 is 0. The fraction of sp³-hybridized carbons (Fsp3) is 0.727. The molecule has 1 amide bonds. The van der Waals surface area contributed by atoms with Gasteiger partial charge in [-0.15, -0.1) is 6.42 Å². The van der Waals surface area contributed by atoms with Gasteiger partial charge in [-0.2, -0.15) is 0 Å². The van der Waals surface area contributed by atoms with E-state index < -0.39 is 0 Å². The first kappa shape index (κ1) is 11.1. The second-order valence-electron chi connectivity index (χ2n) is 4.06. The number of rotatable bonds is 2. The maximum absolute atomic E-state index is 11.4. The van der Waals surface area contributed by atoms with Gasteiger partial charge in [-0.1, -0.05) is 5.92 Å². The Kier molecular flexibility index (Phi) is 3.54. The normalized spacial score (nSPS) is 19.8. The number of carbonyl (C=O) groups is 1. The number of amides is 1. The van der Waals surface area contributed by atoms with Crippen LogP contribution in [-0.2, 0) is 4.79 Å². The van der Waals surface area contributed by atoms with Crippen LogP contribution in [0.25, 0.3) is 0 Å². The first-order chi connectivity index (χ1) is 6.60. The van der Waals surface area contributed by atoms with Crippen LogP contribution in [-0.4, -0.2) is 36.0 Å². The molecule has 1 fully saturated rings. The van der Waals surface area contributed by atoms with Gasteiger partial charge in [0.2, 0.25) is 5.91 Å². The molecule has 0 saturated carbocycles. The summed E-state index contributed by atoms with van der Waals surface area (Å²) in [5.74, 6) is 2.63. The third-order valence-corrected chi connectivity index (χ3v) is 2.96. The molecule has 14 heavy (non-hydrogen) atoms. The van der Waals surface area contributed by atoms with Crippen LogP contribution >= 0.6 is 0 Å². The van der Waals surface area contributed by atoms with Crippen molar-refractivity contribution in [1.82, 2.24) is 10.2 Å². The summed E-state index contributed by atoms with van der Waals surface area (Å²) in [5.41, 5.74) is -0.0521. The summed E-state index contributed by atoms with van der Waals surface area (Å²) in [5, 5.41) is 3.29. The van der Waals surface area contributed by atoms with E-state index in [-0.39, 0.29) is 11.4 Å². The second kappa shape index (κ2) is 4.47. The average molecular weight is 194 g/mol. The smallest absolute Gasteiger partial charge is 0.220 e. The first-order valence-corrected chi connectivity index (χ1v) is 5.02. The first-order valence-electron chi connectivity index (χ1n) is 5.02. The molecule has 78 valence electrons. The number of nitrogens with zero attached hydrogens (tertiary/aromatic N) is 1. The molecule has 0 aromatic rings. The van der Waals surface area contributed by atoms with Crippen molar-refractivity contribution in [2.24, 2.45) is 0 Å². The number of piperidine rings is 1. The third-order valence-electron chi connectivity index (χ3n) is 2.96. The molecule has 0 aromatic heterocycles. The van der Waals surface area contributed by atoms with Gasteiger partial charge in [0.15, 0.2) is 0 Å². The Morgan fingerprint density at radius 1 is 1.57 bits per heavy atom. The van der Waals surface area contributed by atoms with Crippen molar-refractivity contribution >= 4 is 5.91 Å². The van der Waals surface area contributed by atoms with Gasteiger partial charge in [-0.3, -0.25) is 4.79 Å². The lowest BCUT2D eigenvalue weighted by Crippen LogP contribution is -2.54. The molecule has 3 heteroatoms. The molecule has 0 spiro atoms. The van der Waals surface area contributed by atoms with Crippen LogP contribution in [0.5, 0.6) is 0 Å². The topological polar surface area (TPSA) is 32.3 Å². The highest BCUT2D eigenvalue weighted by Gasteiger charge is 2.34. The van der Waals surface area contributed by atoms with Crippen molar-refractivity contribution in [3.8, 4) is 12.3 Å². The fourth-order valence-electron chi connectivity index (χ4n) is 2.01. The number of hydrogen-bond acceptors (Lipinski definition) is 2. The SMILES string of the molecule is C#CCN(C(C)=O)C1(C)CCNCC1. The molecule has 0 aliphatic carbocycles. The molecule has 0 bridgehead atoms. The zero-order valence-electron chi connectivity index (χ0n) is 8.97. The maximum atomic E-state index is 11.4. The quantitative estimate of drug-likeness (QED) is 0.653. The van der Waals surface area contributed by atoms with Gasteiger partial charge in [-0.05, 0) is 32.9 Å². The van der Waals surface area contributed by atoms with E-state index in [2.05, 4.69) is 18.2 Å². The van der Waals surface area contributed by atoms with Gasteiger partial charge in [0.1, 0.15) is 0 Å². The Morgan fingerprint density at radius 3 is 2.57 bits per heavy atom. The van der Waals surface area contributed by atoms with Crippen molar-refractivity contribution in [2.75, 3.05) is 19.6 Å². The van der Waals surface area contributed by atoms with Gasteiger partial charge in [0, 0.05) is 12.5 Å². The number of terminal acetylenes is 1. The van der Waals surface area contributed by atoms with Gasteiger partial charge in [0.25, 0.3) is 0 Å². The molecule has 0 atom stereocenters. The Bertz CT molecular complexity index is 249. The zero-order chi connectivity index (χ0) is 10.6. The predicted octanol–water partition coefficient (Wildman–Crippen LogP) is 0.610. The molecule has 0 aromatic carbocycles. The van der Waals surface area contributed by atoms with Crippen LogP contribution in [0.3, 0.4) is 0 Å². The molecule has 0 radical (unpaired) electrons. The average Bonchev–Trinajstić information content (AvgIpc) is 2.14. The number of nitrogens with one attached hydrogen (secondary N) is 1. The minimum Gasteiger partial charge on any atom is -0.326 e. The van der Waals surface area contributed by atoms with Crippen molar-refractivity contribution in [2.45, 2.75) is 32.2 Å².